The zero-order valence-electron chi connectivity index (χ0n) is 12.4. The fraction of sp³-hybridized carbons (Fsp3) is 0.562. The lowest BCUT2D eigenvalue weighted by Gasteiger charge is -2.35. The third-order valence-electron chi connectivity index (χ3n) is 3.97. The van der Waals surface area contributed by atoms with Crippen molar-refractivity contribution in [2.24, 2.45) is 0 Å². The van der Waals surface area contributed by atoms with E-state index in [0.29, 0.717) is 11.1 Å². The summed E-state index contributed by atoms with van der Waals surface area (Å²) >= 11 is 0. The number of piperidine rings is 1. The molecule has 1 aromatic rings. The molecule has 0 aliphatic carbocycles. The van der Waals surface area contributed by atoms with Gasteiger partial charge in [-0.05, 0) is 44.9 Å². The highest BCUT2D eigenvalue weighted by molar-refractivity contribution is 5.96. The van der Waals surface area contributed by atoms with Gasteiger partial charge >= 0.3 is 0 Å². The molecule has 1 aromatic carbocycles. The minimum Gasteiger partial charge on any atom is -0.508 e. The van der Waals surface area contributed by atoms with Crippen LogP contribution in [0.3, 0.4) is 0 Å². The Balaban J connectivity index is 2.23. The minimum absolute atomic E-state index is 0.0361. The number of rotatable bonds is 4. The fourth-order valence-electron chi connectivity index (χ4n) is 2.80. The molecule has 110 valence electrons. The summed E-state index contributed by atoms with van der Waals surface area (Å²) in [5, 5.41) is 13.2. The number of carbonyl (C=O) groups excluding carboxylic acids is 1. The predicted molar refractivity (Wildman–Crippen MR) is 80.1 cm³/mol. The molecule has 0 bridgehead atoms. The molecule has 1 fully saturated rings. The summed E-state index contributed by atoms with van der Waals surface area (Å²) in [6, 6.07) is 5.42. The summed E-state index contributed by atoms with van der Waals surface area (Å²) in [7, 11) is 0. The zero-order valence-corrected chi connectivity index (χ0v) is 12.4. The number of nitrogens with zero attached hydrogens (tertiary/aromatic N) is 1. The number of amides is 1. The molecule has 1 aliphatic heterocycles. The Morgan fingerprint density at radius 1 is 1.50 bits per heavy atom. The first-order valence-corrected chi connectivity index (χ1v) is 7.45. The van der Waals surface area contributed by atoms with E-state index in [1.807, 2.05) is 4.90 Å². The maximum Gasteiger partial charge on any atom is 0.254 e. The maximum atomic E-state index is 12.8. The van der Waals surface area contributed by atoms with E-state index in [4.69, 9.17) is 0 Å². The Labute approximate surface area is 120 Å². The van der Waals surface area contributed by atoms with Crippen LogP contribution in [0.1, 0.15) is 42.1 Å². The second kappa shape index (κ2) is 6.75. The van der Waals surface area contributed by atoms with Gasteiger partial charge in [-0.25, -0.2) is 0 Å². The lowest BCUT2D eigenvalue weighted by Crippen LogP contribution is -2.49. The van der Waals surface area contributed by atoms with E-state index < -0.39 is 0 Å². The van der Waals surface area contributed by atoms with Gasteiger partial charge in [-0.1, -0.05) is 13.0 Å². The Kier molecular flexibility index (Phi) is 5.01. The van der Waals surface area contributed by atoms with E-state index >= 15 is 0 Å². The Morgan fingerprint density at radius 3 is 2.95 bits per heavy atom. The van der Waals surface area contributed by atoms with Gasteiger partial charge in [0.15, 0.2) is 0 Å². The van der Waals surface area contributed by atoms with E-state index in [9.17, 15) is 9.90 Å². The van der Waals surface area contributed by atoms with Crippen LogP contribution in [0.2, 0.25) is 0 Å². The van der Waals surface area contributed by atoms with Crippen molar-refractivity contribution in [3.8, 4) is 5.75 Å². The topological polar surface area (TPSA) is 52.6 Å². The van der Waals surface area contributed by atoms with Crippen LogP contribution in [0.4, 0.5) is 0 Å². The monoisotopic (exact) mass is 276 g/mol. The van der Waals surface area contributed by atoms with Crippen molar-refractivity contribution in [2.75, 3.05) is 19.6 Å². The highest BCUT2D eigenvalue weighted by Gasteiger charge is 2.26. The number of aromatic hydroxyl groups is 1. The van der Waals surface area contributed by atoms with Gasteiger partial charge in [-0.2, -0.15) is 0 Å². The van der Waals surface area contributed by atoms with Crippen molar-refractivity contribution in [1.29, 1.82) is 0 Å². The SMILES string of the molecule is CCCN(C(=O)c1cccc(O)c1C)C1CCCNC1. The van der Waals surface area contributed by atoms with Crippen LogP contribution < -0.4 is 5.32 Å². The number of hydrogen-bond donors (Lipinski definition) is 2. The number of phenols is 1. The van der Waals surface area contributed by atoms with Gasteiger partial charge in [0.25, 0.3) is 5.91 Å². The minimum atomic E-state index is 0.0361. The summed E-state index contributed by atoms with van der Waals surface area (Å²) in [6.45, 7) is 6.55. The van der Waals surface area contributed by atoms with E-state index in [-0.39, 0.29) is 17.7 Å². The Hall–Kier alpha value is -1.55. The maximum absolute atomic E-state index is 12.8. The average molecular weight is 276 g/mol. The zero-order chi connectivity index (χ0) is 14.5. The van der Waals surface area contributed by atoms with Crippen molar-refractivity contribution >= 4 is 5.91 Å². The molecule has 4 nitrogen and oxygen atoms in total. The largest absolute Gasteiger partial charge is 0.508 e. The number of hydrogen-bond acceptors (Lipinski definition) is 3. The lowest BCUT2D eigenvalue weighted by atomic mass is 10.0. The summed E-state index contributed by atoms with van der Waals surface area (Å²) in [5.41, 5.74) is 1.28. The molecule has 1 atom stereocenters. The van der Waals surface area contributed by atoms with Crippen LogP contribution in [0, 0.1) is 6.92 Å². The van der Waals surface area contributed by atoms with Gasteiger partial charge in [0.2, 0.25) is 0 Å². The second-order valence-electron chi connectivity index (χ2n) is 5.45. The van der Waals surface area contributed by atoms with Gasteiger partial charge in [0.1, 0.15) is 5.75 Å². The van der Waals surface area contributed by atoms with Crippen LogP contribution >= 0.6 is 0 Å². The van der Waals surface area contributed by atoms with Crippen LogP contribution in [0.25, 0.3) is 0 Å². The molecular weight excluding hydrogens is 252 g/mol. The first-order valence-electron chi connectivity index (χ1n) is 7.45. The smallest absolute Gasteiger partial charge is 0.254 e. The molecule has 2 rings (SSSR count). The van der Waals surface area contributed by atoms with Crippen LogP contribution in [0.15, 0.2) is 18.2 Å². The molecule has 0 spiro atoms. The van der Waals surface area contributed by atoms with Crippen molar-refractivity contribution < 1.29 is 9.90 Å². The Morgan fingerprint density at radius 2 is 2.30 bits per heavy atom. The summed E-state index contributed by atoms with van der Waals surface area (Å²) < 4.78 is 0. The Bertz CT molecular complexity index is 468. The van der Waals surface area contributed by atoms with Crippen molar-refractivity contribution in [2.45, 2.75) is 39.2 Å². The van der Waals surface area contributed by atoms with E-state index in [1.54, 1.807) is 25.1 Å². The molecular formula is C16H24N2O2. The molecule has 1 unspecified atom stereocenters. The van der Waals surface area contributed by atoms with Crippen molar-refractivity contribution in [3.63, 3.8) is 0 Å². The molecule has 1 aliphatic rings. The summed E-state index contributed by atoms with van der Waals surface area (Å²) in [6.07, 6.45) is 3.11. The molecule has 4 heteroatoms. The van der Waals surface area contributed by atoms with Gasteiger partial charge in [-0.3, -0.25) is 4.79 Å². The molecule has 1 amide bonds. The summed E-state index contributed by atoms with van der Waals surface area (Å²) in [5.74, 6) is 0.225. The molecule has 0 aromatic heterocycles. The van der Waals surface area contributed by atoms with E-state index in [1.165, 1.54) is 0 Å². The second-order valence-corrected chi connectivity index (χ2v) is 5.45. The number of phenolic OH excluding ortho intramolecular Hbond substituents is 1. The van der Waals surface area contributed by atoms with Crippen molar-refractivity contribution in [1.82, 2.24) is 10.2 Å². The average Bonchev–Trinajstić information content (AvgIpc) is 2.48. The van der Waals surface area contributed by atoms with Gasteiger partial charge in [0, 0.05) is 30.3 Å². The molecule has 20 heavy (non-hydrogen) atoms. The van der Waals surface area contributed by atoms with Gasteiger partial charge < -0.3 is 15.3 Å². The quantitative estimate of drug-likeness (QED) is 0.887. The normalized spacial score (nSPS) is 18.8. The van der Waals surface area contributed by atoms with Gasteiger partial charge in [0.05, 0.1) is 0 Å². The van der Waals surface area contributed by atoms with E-state index in [0.717, 1.165) is 38.9 Å². The highest BCUT2D eigenvalue weighted by atomic mass is 16.3. The number of benzene rings is 1. The lowest BCUT2D eigenvalue weighted by molar-refractivity contribution is 0.0647. The molecule has 0 radical (unpaired) electrons. The number of nitrogens with one attached hydrogen (secondary N) is 1. The van der Waals surface area contributed by atoms with Crippen LogP contribution in [-0.4, -0.2) is 41.6 Å². The van der Waals surface area contributed by atoms with E-state index in [2.05, 4.69) is 12.2 Å². The molecule has 2 N–H and O–H groups in total. The third-order valence-corrected chi connectivity index (χ3v) is 3.97. The fourth-order valence-corrected chi connectivity index (χ4v) is 2.80. The predicted octanol–water partition coefficient (Wildman–Crippen LogP) is 2.30. The van der Waals surface area contributed by atoms with Gasteiger partial charge in [-0.15, -0.1) is 0 Å². The number of carbonyl (C=O) groups is 1. The standard InChI is InChI=1S/C16H24N2O2/c1-3-10-18(13-6-5-9-17-11-13)16(20)14-7-4-8-15(19)12(14)2/h4,7-8,13,17,19H,3,5-6,9-11H2,1-2H3. The highest BCUT2D eigenvalue weighted by Crippen LogP contribution is 2.23. The van der Waals surface area contributed by atoms with Crippen LogP contribution in [0.5, 0.6) is 5.75 Å². The first-order chi connectivity index (χ1) is 9.65. The molecule has 0 saturated carbocycles. The summed E-state index contributed by atoms with van der Waals surface area (Å²) in [4.78, 5) is 14.8. The third kappa shape index (κ3) is 3.12. The van der Waals surface area contributed by atoms with Crippen molar-refractivity contribution in [3.05, 3.63) is 29.3 Å². The molecule has 1 saturated heterocycles. The first kappa shape index (κ1) is 14.9. The molecule has 1 heterocycles. The van der Waals surface area contributed by atoms with Crippen LogP contribution in [-0.2, 0) is 0 Å².